The third-order valence-corrected chi connectivity index (χ3v) is 1.98. The van der Waals surface area contributed by atoms with Crippen molar-refractivity contribution in [1.29, 1.82) is 0 Å². The Kier molecular flexibility index (Phi) is 8.78. The van der Waals surface area contributed by atoms with Gasteiger partial charge < -0.3 is 10.2 Å². The van der Waals surface area contributed by atoms with E-state index in [4.69, 9.17) is 5.11 Å². The minimum atomic E-state index is -1.03. The molecule has 0 aromatic rings. The lowest BCUT2D eigenvalue weighted by Gasteiger charge is -1.99. The Bertz CT molecular complexity index is 219. The molecule has 0 radical (unpaired) electrons. The van der Waals surface area contributed by atoms with E-state index in [-0.39, 0.29) is 0 Å². The van der Waals surface area contributed by atoms with Gasteiger partial charge in [-0.25, -0.2) is 4.79 Å². The molecule has 3 nitrogen and oxygen atoms in total. The number of aliphatic hydroxyl groups is 1. The number of aliphatic carboxylic acids is 1. The van der Waals surface area contributed by atoms with Crippen LogP contribution in [0.1, 0.15) is 39.0 Å². The van der Waals surface area contributed by atoms with Crippen LogP contribution in [0.15, 0.2) is 24.3 Å². The summed E-state index contributed by atoms with van der Waals surface area (Å²) in [6.07, 6.45) is 10.6. The van der Waals surface area contributed by atoms with Gasteiger partial charge in [0.15, 0.2) is 0 Å². The van der Waals surface area contributed by atoms with E-state index in [2.05, 4.69) is 6.92 Å². The zero-order valence-corrected chi connectivity index (χ0v) is 9.22. The van der Waals surface area contributed by atoms with Gasteiger partial charge in [0, 0.05) is 6.08 Å². The van der Waals surface area contributed by atoms with Gasteiger partial charge in [0.25, 0.3) is 0 Å². The number of hydrogen-bond acceptors (Lipinski definition) is 2. The topological polar surface area (TPSA) is 57.5 Å². The van der Waals surface area contributed by atoms with Crippen LogP contribution in [0.5, 0.6) is 0 Å². The van der Waals surface area contributed by atoms with E-state index < -0.39 is 12.1 Å². The molecule has 1 unspecified atom stereocenters. The summed E-state index contributed by atoms with van der Waals surface area (Å²) in [4.78, 5) is 10.1. The van der Waals surface area contributed by atoms with Crippen LogP contribution in [-0.2, 0) is 4.79 Å². The number of unbranched alkanes of at least 4 members (excludes halogenated alkanes) is 3. The Morgan fingerprint density at radius 2 is 2.07 bits per heavy atom. The van der Waals surface area contributed by atoms with Gasteiger partial charge in [-0.2, -0.15) is 0 Å². The fraction of sp³-hybridized carbons (Fsp3) is 0.583. The summed E-state index contributed by atoms with van der Waals surface area (Å²) >= 11 is 0. The summed E-state index contributed by atoms with van der Waals surface area (Å²) in [5.74, 6) is -1.03. The molecule has 2 N–H and O–H groups in total. The minimum Gasteiger partial charge on any atom is -0.478 e. The van der Waals surface area contributed by atoms with Gasteiger partial charge in [0.05, 0.1) is 6.10 Å². The normalized spacial score (nSPS) is 13.7. The molecule has 86 valence electrons. The maximum Gasteiger partial charge on any atom is 0.328 e. The van der Waals surface area contributed by atoms with Crippen molar-refractivity contribution in [3.05, 3.63) is 24.3 Å². The predicted octanol–water partition coefficient (Wildman–Crippen LogP) is 2.51. The van der Waals surface area contributed by atoms with Crippen molar-refractivity contribution in [2.24, 2.45) is 0 Å². The van der Waals surface area contributed by atoms with E-state index >= 15 is 0 Å². The maximum absolute atomic E-state index is 10.1. The first-order valence-electron chi connectivity index (χ1n) is 5.41. The van der Waals surface area contributed by atoms with Gasteiger partial charge in [-0.3, -0.25) is 0 Å². The average Bonchev–Trinajstić information content (AvgIpc) is 2.20. The minimum absolute atomic E-state index is 0.482. The van der Waals surface area contributed by atoms with Gasteiger partial charge in [0.2, 0.25) is 0 Å². The first kappa shape index (κ1) is 13.9. The van der Waals surface area contributed by atoms with Crippen molar-refractivity contribution >= 4 is 5.97 Å². The van der Waals surface area contributed by atoms with Gasteiger partial charge in [-0.1, -0.05) is 31.9 Å². The van der Waals surface area contributed by atoms with Crippen LogP contribution in [0, 0.1) is 0 Å². The Hall–Kier alpha value is -1.09. The number of carbonyl (C=O) groups is 1. The van der Waals surface area contributed by atoms with Crippen LogP contribution >= 0.6 is 0 Å². The van der Waals surface area contributed by atoms with Crippen LogP contribution in [0.2, 0.25) is 0 Å². The third kappa shape index (κ3) is 10.8. The number of hydrogen-bond donors (Lipinski definition) is 2. The van der Waals surface area contributed by atoms with E-state index in [1.807, 2.05) is 12.2 Å². The standard InChI is InChI=1S/C12H20O3/c1-2-3-4-5-6-7-8-11(13)9-10-12(14)15/h6-7,9-11,13H,2-5,8H2,1H3,(H,14,15). The van der Waals surface area contributed by atoms with Crippen molar-refractivity contribution in [3.63, 3.8) is 0 Å². The predicted molar refractivity (Wildman–Crippen MR) is 60.7 cm³/mol. The van der Waals surface area contributed by atoms with Gasteiger partial charge >= 0.3 is 5.97 Å². The fourth-order valence-electron chi connectivity index (χ4n) is 1.14. The van der Waals surface area contributed by atoms with E-state index in [0.29, 0.717) is 6.42 Å². The molecule has 15 heavy (non-hydrogen) atoms. The molecule has 0 aromatic carbocycles. The van der Waals surface area contributed by atoms with Crippen molar-refractivity contribution in [3.8, 4) is 0 Å². The molecule has 0 amide bonds. The van der Waals surface area contributed by atoms with Gasteiger partial charge in [0.1, 0.15) is 0 Å². The highest BCUT2D eigenvalue weighted by atomic mass is 16.4. The zero-order valence-electron chi connectivity index (χ0n) is 9.22. The summed E-state index contributed by atoms with van der Waals surface area (Å²) in [6.45, 7) is 2.16. The summed E-state index contributed by atoms with van der Waals surface area (Å²) in [5.41, 5.74) is 0. The quantitative estimate of drug-likeness (QED) is 0.369. The Morgan fingerprint density at radius 1 is 1.33 bits per heavy atom. The molecule has 0 rings (SSSR count). The second-order valence-corrected chi connectivity index (χ2v) is 3.47. The van der Waals surface area contributed by atoms with Crippen molar-refractivity contribution in [2.75, 3.05) is 0 Å². The SMILES string of the molecule is CCCCCC=CCC(O)C=CC(=O)O. The summed E-state index contributed by atoms with van der Waals surface area (Å²) in [7, 11) is 0. The number of carboxylic acids is 1. The van der Waals surface area contributed by atoms with E-state index in [0.717, 1.165) is 12.5 Å². The Morgan fingerprint density at radius 3 is 2.67 bits per heavy atom. The second kappa shape index (κ2) is 9.46. The monoisotopic (exact) mass is 212 g/mol. The molecule has 3 heteroatoms. The van der Waals surface area contributed by atoms with Gasteiger partial charge in [-0.15, -0.1) is 0 Å². The highest BCUT2D eigenvalue weighted by Crippen LogP contribution is 2.02. The Labute approximate surface area is 91.1 Å². The molecule has 0 fully saturated rings. The first-order chi connectivity index (χ1) is 7.16. The molecule has 0 aliphatic heterocycles. The van der Waals surface area contributed by atoms with Crippen molar-refractivity contribution in [2.45, 2.75) is 45.1 Å². The molecule has 0 aliphatic carbocycles. The summed E-state index contributed by atoms with van der Waals surface area (Å²) in [5, 5.41) is 17.6. The van der Waals surface area contributed by atoms with Crippen LogP contribution in [-0.4, -0.2) is 22.3 Å². The molecule has 1 atom stereocenters. The van der Waals surface area contributed by atoms with Crippen molar-refractivity contribution < 1.29 is 15.0 Å². The van der Waals surface area contributed by atoms with Crippen LogP contribution in [0.25, 0.3) is 0 Å². The lowest BCUT2D eigenvalue weighted by molar-refractivity contribution is -0.131. The zero-order chi connectivity index (χ0) is 11.5. The number of aliphatic hydroxyl groups excluding tert-OH is 1. The van der Waals surface area contributed by atoms with E-state index in [1.54, 1.807) is 0 Å². The van der Waals surface area contributed by atoms with E-state index in [1.165, 1.54) is 25.3 Å². The lowest BCUT2D eigenvalue weighted by Crippen LogP contribution is -2.01. The molecule has 0 aromatic heterocycles. The third-order valence-electron chi connectivity index (χ3n) is 1.98. The summed E-state index contributed by atoms with van der Waals surface area (Å²) < 4.78 is 0. The molecule has 0 heterocycles. The maximum atomic E-state index is 10.1. The van der Waals surface area contributed by atoms with E-state index in [9.17, 15) is 9.90 Å². The van der Waals surface area contributed by atoms with Crippen LogP contribution in [0.4, 0.5) is 0 Å². The second-order valence-electron chi connectivity index (χ2n) is 3.47. The van der Waals surface area contributed by atoms with Crippen molar-refractivity contribution in [1.82, 2.24) is 0 Å². The molecular weight excluding hydrogens is 192 g/mol. The first-order valence-corrected chi connectivity index (χ1v) is 5.41. The smallest absolute Gasteiger partial charge is 0.328 e. The number of carboxylic acid groups (broad SMARTS) is 1. The molecule has 0 saturated heterocycles. The fourth-order valence-corrected chi connectivity index (χ4v) is 1.14. The summed E-state index contributed by atoms with van der Waals surface area (Å²) in [6, 6.07) is 0. The number of allylic oxidation sites excluding steroid dienone is 1. The molecule has 0 spiro atoms. The molecule has 0 saturated carbocycles. The van der Waals surface area contributed by atoms with Crippen LogP contribution < -0.4 is 0 Å². The van der Waals surface area contributed by atoms with Gasteiger partial charge in [-0.05, 0) is 25.3 Å². The molecule has 0 aliphatic rings. The highest BCUT2D eigenvalue weighted by Gasteiger charge is 1.95. The molecular formula is C12H20O3. The Balaban J connectivity index is 3.52. The largest absolute Gasteiger partial charge is 0.478 e. The number of rotatable bonds is 8. The average molecular weight is 212 g/mol. The molecule has 0 bridgehead atoms. The van der Waals surface area contributed by atoms with Crippen LogP contribution in [0.3, 0.4) is 0 Å². The lowest BCUT2D eigenvalue weighted by atomic mass is 10.1. The highest BCUT2D eigenvalue weighted by molar-refractivity contribution is 5.79.